The molecule has 0 aromatic heterocycles. The van der Waals surface area contributed by atoms with E-state index >= 15 is 0 Å². The highest BCUT2D eigenvalue weighted by Crippen LogP contribution is 2.56. The Hall–Kier alpha value is -7.63. The predicted octanol–water partition coefficient (Wildman–Crippen LogP) is 8.24. The molecule has 6 aliphatic rings. The van der Waals surface area contributed by atoms with Crippen LogP contribution < -0.4 is 57.7 Å². The molecule has 0 spiro atoms. The van der Waals surface area contributed by atoms with E-state index in [9.17, 15) is 2.74 Å². The molecule has 9 aromatic rings. The van der Waals surface area contributed by atoms with Crippen molar-refractivity contribution >= 4 is 116 Å². The first-order valence-electron chi connectivity index (χ1n) is 23.6. The third kappa shape index (κ3) is 3.91. The Labute approximate surface area is 362 Å². The van der Waals surface area contributed by atoms with Crippen LogP contribution in [0.3, 0.4) is 0 Å². The smallest absolute Gasteiger partial charge is 0.333 e. The molecule has 9 aromatic carbocycles. The van der Waals surface area contributed by atoms with Gasteiger partial charge in [0.05, 0.1) is 6.85 Å². The normalized spacial score (nSPS) is 15.8. The molecule has 0 aliphatic carbocycles. The first-order valence-corrected chi connectivity index (χ1v) is 21.1. The van der Waals surface area contributed by atoms with E-state index in [2.05, 4.69) is 177 Å². The van der Waals surface area contributed by atoms with E-state index in [0.717, 1.165) is 50.6 Å². The maximum absolute atomic E-state index is 9.35. The number of benzene rings is 9. The monoisotopic (exact) mass is 775 g/mol. The van der Waals surface area contributed by atoms with Gasteiger partial charge in [-0.05, 0) is 116 Å². The number of nitrogens with zero attached hydrogens (tertiary/aromatic N) is 4. The van der Waals surface area contributed by atoms with Crippen molar-refractivity contribution in [3.05, 3.63) is 200 Å². The number of para-hydroxylation sites is 6. The van der Waals surface area contributed by atoms with Gasteiger partial charge in [0.2, 0.25) is 0 Å². The summed E-state index contributed by atoms with van der Waals surface area (Å²) in [4.78, 5) is 10.0. The van der Waals surface area contributed by atoms with E-state index in [1.165, 1.54) is 55.6 Å². The standard InChI is InChI=1S/C54H33B3N4/c1-4-18-34(19-5-1)35-32-46-48-47(33-35)61(37-22-8-3-9-23-37)57-41-27-13-17-31-45(41)59-43-29-15-11-25-39(43)55-38-24-10-14-28-42(38)58-44-30-16-12-26-40(44)56(60(46)36-20-6-2-7-21-36)50-49(48)51(57)54(59)52(55)53(50)58/h1-33H/i1D,4D,5D,18D,19D. The zero-order valence-corrected chi connectivity index (χ0v) is 32.7. The lowest BCUT2D eigenvalue weighted by Gasteiger charge is -2.56. The highest BCUT2D eigenvalue weighted by atomic mass is 15.2. The van der Waals surface area contributed by atoms with Gasteiger partial charge in [-0.25, -0.2) is 0 Å². The Morgan fingerprint density at radius 2 is 0.770 bits per heavy atom. The van der Waals surface area contributed by atoms with Crippen LogP contribution in [0.5, 0.6) is 0 Å². The molecule has 0 bridgehead atoms. The van der Waals surface area contributed by atoms with E-state index in [0.29, 0.717) is 5.56 Å². The largest absolute Gasteiger partial charge is 0.376 e. The summed E-state index contributed by atoms with van der Waals surface area (Å²) in [6.45, 7) is -0.628. The second-order valence-corrected chi connectivity index (χ2v) is 16.8. The van der Waals surface area contributed by atoms with Gasteiger partial charge in [-0.2, -0.15) is 0 Å². The average molecular weight is 775 g/mol. The number of rotatable bonds is 3. The van der Waals surface area contributed by atoms with Crippen LogP contribution in [0.4, 0.5) is 56.9 Å². The van der Waals surface area contributed by atoms with Crippen molar-refractivity contribution in [3.8, 4) is 22.3 Å². The molecule has 7 heteroatoms. The van der Waals surface area contributed by atoms with E-state index in [1.54, 1.807) is 0 Å². The first kappa shape index (κ1) is 28.0. The van der Waals surface area contributed by atoms with Gasteiger partial charge in [-0.1, -0.05) is 139 Å². The zero-order valence-electron chi connectivity index (χ0n) is 37.7. The molecule has 0 unspecified atom stereocenters. The van der Waals surface area contributed by atoms with Crippen LogP contribution in [-0.2, 0) is 0 Å². The van der Waals surface area contributed by atoms with Gasteiger partial charge >= 0.3 is 13.7 Å². The SMILES string of the molecule is [2H]c1c([2H])c([2H])c(-c2cc3c4c(c2)N(c2ccccc2)B2c5ccccc5N5c6ccccc6B6c7ccccc7N7c8ccccc8B(c8c-4c2c5c6c87)N3c2ccccc2)c([2H])c1[2H]. The lowest BCUT2D eigenvalue weighted by Crippen LogP contribution is -2.74. The lowest BCUT2D eigenvalue weighted by molar-refractivity contribution is 1.23. The van der Waals surface area contributed by atoms with Crippen molar-refractivity contribution in [2.75, 3.05) is 19.4 Å². The van der Waals surface area contributed by atoms with Crippen LogP contribution in [0, 0.1) is 0 Å². The molecular formula is C54H33B3N4. The molecule has 0 atom stereocenters. The third-order valence-electron chi connectivity index (χ3n) is 14.0. The van der Waals surface area contributed by atoms with Gasteiger partial charge in [-0.15, -0.1) is 0 Å². The predicted molar refractivity (Wildman–Crippen MR) is 259 cm³/mol. The van der Waals surface area contributed by atoms with Gasteiger partial charge in [0, 0.05) is 62.4 Å². The topological polar surface area (TPSA) is 13.0 Å². The van der Waals surface area contributed by atoms with Crippen LogP contribution in [0.1, 0.15) is 6.85 Å². The summed E-state index contributed by atoms with van der Waals surface area (Å²) in [5.41, 5.74) is 22.6. The Morgan fingerprint density at radius 3 is 1.25 bits per heavy atom. The van der Waals surface area contributed by atoms with Crippen molar-refractivity contribution in [1.29, 1.82) is 0 Å². The first-order chi connectivity index (χ1) is 32.4. The molecular weight excluding hydrogens is 737 g/mol. The Bertz CT molecular complexity index is 3460. The van der Waals surface area contributed by atoms with Gasteiger partial charge in [0.1, 0.15) is 0 Å². The summed E-state index contributed by atoms with van der Waals surface area (Å²) >= 11 is 0. The highest BCUT2D eigenvalue weighted by molar-refractivity contribution is 7.05. The number of hydrogen-bond acceptors (Lipinski definition) is 4. The summed E-state index contributed by atoms with van der Waals surface area (Å²) in [5, 5.41) is 0. The zero-order chi connectivity index (χ0) is 43.9. The number of anilines is 10. The van der Waals surface area contributed by atoms with Gasteiger partial charge in [-0.3, -0.25) is 0 Å². The molecule has 6 heterocycles. The minimum absolute atomic E-state index is 0.0436. The molecule has 0 radical (unpaired) electrons. The van der Waals surface area contributed by atoms with Crippen LogP contribution in [0.15, 0.2) is 200 Å². The fourth-order valence-electron chi connectivity index (χ4n) is 11.9. The fraction of sp³-hybridized carbons (Fsp3) is 0. The second kappa shape index (κ2) is 11.6. The maximum atomic E-state index is 9.35. The summed E-state index contributed by atoms with van der Waals surface area (Å²) in [6.07, 6.45) is 0. The lowest BCUT2D eigenvalue weighted by atomic mass is 9.28. The Kier molecular flexibility index (Phi) is 5.29. The van der Waals surface area contributed by atoms with Crippen molar-refractivity contribution < 1.29 is 6.85 Å². The molecule has 0 fully saturated rings. The van der Waals surface area contributed by atoms with Crippen LogP contribution in [0.25, 0.3) is 22.3 Å². The van der Waals surface area contributed by atoms with Crippen molar-refractivity contribution in [2.24, 2.45) is 0 Å². The average Bonchev–Trinajstić information content (AvgIpc) is 3.37. The number of hydrogen-bond donors (Lipinski definition) is 0. The molecule has 0 N–H and O–H groups in total. The van der Waals surface area contributed by atoms with Crippen LogP contribution in [-0.4, -0.2) is 20.4 Å². The van der Waals surface area contributed by atoms with E-state index < -0.39 is 6.04 Å². The van der Waals surface area contributed by atoms with E-state index in [-0.39, 0.29) is 50.1 Å². The maximum Gasteiger partial charge on any atom is 0.333 e. The summed E-state index contributed by atoms with van der Waals surface area (Å²) < 4.78 is 44.9. The van der Waals surface area contributed by atoms with Gasteiger partial charge < -0.3 is 19.4 Å². The fourth-order valence-corrected chi connectivity index (χ4v) is 11.9. The van der Waals surface area contributed by atoms with Crippen molar-refractivity contribution in [2.45, 2.75) is 0 Å². The summed E-state index contributed by atoms with van der Waals surface area (Å²) in [7, 11) is 0. The molecule has 0 amide bonds. The van der Waals surface area contributed by atoms with Crippen LogP contribution >= 0.6 is 0 Å². The minimum Gasteiger partial charge on any atom is -0.376 e. The molecule has 15 rings (SSSR count). The summed E-state index contributed by atoms with van der Waals surface area (Å²) in [5.74, 6) is 0. The molecule has 6 aliphatic heterocycles. The van der Waals surface area contributed by atoms with Crippen molar-refractivity contribution in [1.82, 2.24) is 0 Å². The number of fused-ring (bicyclic) bond motifs is 12. The molecule has 4 nitrogen and oxygen atoms in total. The molecule has 0 saturated heterocycles. The Morgan fingerprint density at radius 1 is 0.361 bits per heavy atom. The third-order valence-corrected chi connectivity index (χ3v) is 14.0. The summed E-state index contributed by atoms with van der Waals surface area (Å²) in [6, 6.07) is 59.4. The molecule has 278 valence electrons. The van der Waals surface area contributed by atoms with E-state index in [4.69, 9.17) is 4.11 Å². The van der Waals surface area contributed by atoms with Gasteiger partial charge in [0.25, 0.3) is 6.71 Å². The van der Waals surface area contributed by atoms with E-state index in [1.807, 2.05) is 12.1 Å². The van der Waals surface area contributed by atoms with Crippen molar-refractivity contribution in [3.63, 3.8) is 0 Å². The Balaban J connectivity index is 1.20. The van der Waals surface area contributed by atoms with Crippen LogP contribution in [0.2, 0.25) is 0 Å². The molecule has 61 heavy (non-hydrogen) atoms. The highest BCUT2D eigenvalue weighted by Gasteiger charge is 2.58. The molecule has 0 saturated carbocycles. The minimum atomic E-state index is -0.407. The second-order valence-electron chi connectivity index (χ2n) is 16.8. The van der Waals surface area contributed by atoms with Gasteiger partial charge in [0.15, 0.2) is 0 Å². The quantitative estimate of drug-likeness (QED) is 0.168.